The maximum atomic E-state index is 12.7. The molecule has 176 valence electrons. The van der Waals surface area contributed by atoms with Gasteiger partial charge in [-0.3, -0.25) is 9.48 Å². The summed E-state index contributed by atoms with van der Waals surface area (Å²) >= 11 is 0. The number of anilines is 2. The topological polar surface area (TPSA) is 78.8 Å². The van der Waals surface area contributed by atoms with Crippen molar-refractivity contribution in [3.8, 4) is 11.3 Å². The van der Waals surface area contributed by atoms with Gasteiger partial charge >= 0.3 is 0 Å². The average Bonchev–Trinajstić information content (AvgIpc) is 3.33. The zero-order valence-electron chi connectivity index (χ0n) is 19.9. The minimum atomic E-state index is -0.153. The highest BCUT2D eigenvalue weighted by molar-refractivity contribution is 5.95. The molecule has 1 saturated heterocycles. The Balaban J connectivity index is 1.44. The Kier molecular flexibility index (Phi) is 6.45. The second kappa shape index (κ2) is 9.81. The van der Waals surface area contributed by atoms with E-state index in [-0.39, 0.29) is 5.56 Å². The van der Waals surface area contributed by atoms with Gasteiger partial charge < -0.3 is 15.2 Å². The monoisotopic (exact) mass is 456 g/mol. The van der Waals surface area contributed by atoms with Crippen molar-refractivity contribution in [2.75, 3.05) is 25.0 Å². The first kappa shape index (κ1) is 22.3. The molecule has 4 aromatic rings. The van der Waals surface area contributed by atoms with E-state index in [0.29, 0.717) is 17.1 Å². The van der Waals surface area contributed by atoms with E-state index in [9.17, 15) is 4.79 Å². The van der Waals surface area contributed by atoms with Gasteiger partial charge in [-0.1, -0.05) is 26.0 Å². The van der Waals surface area contributed by atoms with Crippen LogP contribution in [-0.4, -0.2) is 44.3 Å². The second-order valence-corrected chi connectivity index (χ2v) is 9.07. The third-order valence-corrected chi connectivity index (χ3v) is 6.82. The van der Waals surface area contributed by atoms with Gasteiger partial charge in [0, 0.05) is 30.2 Å². The van der Waals surface area contributed by atoms with Crippen LogP contribution in [0.5, 0.6) is 0 Å². The quantitative estimate of drug-likeness (QED) is 0.403. The molecule has 34 heavy (non-hydrogen) atoms. The van der Waals surface area contributed by atoms with Gasteiger partial charge in [0.1, 0.15) is 5.82 Å². The highest BCUT2D eigenvalue weighted by Gasteiger charge is 2.19. The van der Waals surface area contributed by atoms with Crippen molar-refractivity contribution in [3.05, 3.63) is 70.9 Å². The molecule has 3 aromatic heterocycles. The lowest BCUT2D eigenvalue weighted by Gasteiger charge is -2.31. The van der Waals surface area contributed by atoms with Crippen LogP contribution < -0.4 is 10.9 Å². The highest BCUT2D eigenvalue weighted by Crippen LogP contribution is 2.31. The molecule has 5 rings (SSSR count). The summed E-state index contributed by atoms with van der Waals surface area (Å²) in [5.41, 5.74) is 3.88. The van der Waals surface area contributed by atoms with Crippen LogP contribution >= 0.6 is 0 Å². The Morgan fingerprint density at radius 2 is 1.91 bits per heavy atom. The molecule has 0 bridgehead atoms. The van der Waals surface area contributed by atoms with Gasteiger partial charge in [-0.15, -0.1) is 0 Å². The van der Waals surface area contributed by atoms with Crippen LogP contribution in [0.3, 0.4) is 0 Å². The largest absolute Gasteiger partial charge is 0.340 e. The van der Waals surface area contributed by atoms with Gasteiger partial charge in [0.15, 0.2) is 0 Å². The molecule has 0 saturated carbocycles. The predicted molar refractivity (Wildman–Crippen MR) is 138 cm³/mol. The molecule has 0 atom stereocenters. The van der Waals surface area contributed by atoms with E-state index >= 15 is 0 Å². The summed E-state index contributed by atoms with van der Waals surface area (Å²) in [6, 6.07) is 12.5. The van der Waals surface area contributed by atoms with Crippen LogP contribution in [0.4, 0.5) is 11.5 Å². The van der Waals surface area contributed by atoms with E-state index in [4.69, 9.17) is 4.98 Å². The molecule has 0 spiro atoms. The Morgan fingerprint density at radius 3 is 2.65 bits per heavy atom. The van der Waals surface area contributed by atoms with Crippen molar-refractivity contribution in [1.29, 1.82) is 0 Å². The number of aromatic amines is 1. The lowest BCUT2D eigenvalue weighted by molar-refractivity contribution is 0.222. The maximum Gasteiger partial charge on any atom is 0.259 e. The fourth-order valence-electron chi connectivity index (χ4n) is 4.86. The van der Waals surface area contributed by atoms with Crippen molar-refractivity contribution in [1.82, 2.24) is 24.6 Å². The van der Waals surface area contributed by atoms with Crippen molar-refractivity contribution < 1.29 is 0 Å². The SMILES string of the molecule is CCCn1cc(-c2cc3cc[nH]c(=O)c3c(Nc3ccc(C4CCN(CC)CC4)cc3)n2)cn1. The fourth-order valence-corrected chi connectivity index (χ4v) is 4.86. The number of pyridine rings is 2. The lowest BCUT2D eigenvalue weighted by Crippen LogP contribution is -2.32. The molecular formula is C27H32N6O. The van der Waals surface area contributed by atoms with Crippen LogP contribution in [0.15, 0.2) is 59.8 Å². The minimum absolute atomic E-state index is 0.153. The number of benzene rings is 1. The third kappa shape index (κ3) is 4.61. The van der Waals surface area contributed by atoms with Gasteiger partial charge in [0.25, 0.3) is 5.56 Å². The Bertz CT molecular complexity index is 1320. The summed E-state index contributed by atoms with van der Waals surface area (Å²) in [7, 11) is 0. The zero-order valence-corrected chi connectivity index (χ0v) is 19.9. The number of aromatic nitrogens is 4. The molecular weight excluding hydrogens is 424 g/mol. The summed E-state index contributed by atoms with van der Waals surface area (Å²) in [5.74, 6) is 1.17. The lowest BCUT2D eigenvalue weighted by atomic mass is 9.89. The average molecular weight is 457 g/mol. The fraction of sp³-hybridized carbons (Fsp3) is 0.370. The van der Waals surface area contributed by atoms with E-state index in [1.807, 2.05) is 29.2 Å². The second-order valence-electron chi connectivity index (χ2n) is 9.07. The molecule has 0 radical (unpaired) electrons. The Labute approximate surface area is 199 Å². The predicted octanol–water partition coefficient (Wildman–Crippen LogP) is 5.14. The first-order valence-corrected chi connectivity index (χ1v) is 12.3. The van der Waals surface area contributed by atoms with Crippen LogP contribution in [-0.2, 0) is 6.54 Å². The smallest absolute Gasteiger partial charge is 0.259 e. The number of likely N-dealkylation sites (tertiary alicyclic amines) is 1. The molecule has 0 aliphatic carbocycles. The minimum Gasteiger partial charge on any atom is -0.340 e. The van der Waals surface area contributed by atoms with Gasteiger partial charge in [0.05, 0.1) is 17.3 Å². The van der Waals surface area contributed by atoms with Gasteiger partial charge in [-0.2, -0.15) is 5.10 Å². The van der Waals surface area contributed by atoms with Crippen LogP contribution in [0.1, 0.15) is 44.6 Å². The molecule has 1 aliphatic rings. The van der Waals surface area contributed by atoms with Crippen LogP contribution in [0, 0.1) is 0 Å². The first-order chi connectivity index (χ1) is 16.6. The molecule has 4 heterocycles. The zero-order chi connectivity index (χ0) is 23.5. The number of hydrogen-bond donors (Lipinski definition) is 2. The summed E-state index contributed by atoms with van der Waals surface area (Å²) < 4.78 is 1.93. The number of aryl methyl sites for hydroxylation is 1. The number of hydrogen-bond acceptors (Lipinski definition) is 5. The number of fused-ring (bicyclic) bond motifs is 1. The van der Waals surface area contributed by atoms with Crippen LogP contribution in [0.25, 0.3) is 22.0 Å². The van der Waals surface area contributed by atoms with E-state index in [1.54, 1.807) is 6.20 Å². The van der Waals surface area contributed by atoms with Crippen molar-refractivity contribution >= 4 is 22.3 Å². The molecule has 7 heteroatoms. The summed E-state index contributed by atoms with van der Waals surface area (Å²) in [5, 5.41) is 9.26. The highest BCUT2D eigenvalue weighted by atomic mass is 16.1. The number of H-pyrrole nitrogens is 1. The molecule has 7 nitrogen and oxygen atoms in total. The molecule has 1 fully saturated rings. The van der Waals surface area contributed by atoms with Crippen molar-refractivity contribution in [3.63, 3.8) is 0 Å². The van der Waals surface area contributed by atoms with Crippen LogP contribution in [0.2, 0.25) is 0 Å². The third-order valence-electron chi connectivity index (χ3n) is 6.82. The van der Waals surface area contributed by atoms with Gasteiger partial charge in [-0.25, -0.2) is 4.98 Å². The Hall–Kier alpha value is -3.45. The van der Waals surface area contributed by atoms with E-state index in [0.717, 1.165) is 41.8 Å². The van der Waals surface area contributed by atoms with E-state index in [2.05, 4.69) is 58.4 Å². The van der Waals surface area contributed by atoms with E-state index in [1.165, 1.54) is 31.5 Å². The van der Waals surface area contributed by atoms with Gasteiger partial charge in [-0.05, 0) is 80.0 Å². The summed E-state index contributed by atoms with van der Waals surface area (Å²) in [4.78, 5) is 22.8. The molecule has 1 aliphatic heterocycles. The normalized spacial score (nSPS) is 15.1. The van der Waals surface area contributed by atoms with Crippen molar-refractivity contribution in [2.45, 2.75) is 45.6 Å². The number of nitrogens with one attached hydrogen (secondary N) is 2. The van der Waals surface area contributed by atoms with Gasteiger partial charge in [0.2, 0.25) is 0 Å². The number of nitrogens with zero attached hydrogens (tertiary/aromatic N) is 4. The molecule has 0 amide bonds. The van der Waals surface area contributed by atoms with E-state index < -0.39 is 0 Å². The summed E-state index contributed by atoms with van der Waals surface area (Å²) in [6.07, 6.45) is 8.94. The molecule has 0 unspecified atom stereocenters. The van der Waals surface area contributed by atoms with Crippen molar-refractivity contribution in [2.24, 2.45) is 0 Å². The number of rotatable bonds is 7. The Morgan fingerprint density at radius 1 is 1.12 bits per heavy atom. The maximum absolute atomic E-state index is 12.7. The molecule has 2 N–H and O–H groups in total. The summed E-state index contributed by atoms with van der Waals surface area (Å²) in [6.45, 7) is 8.69. The molecule has 1 aromatic carbocycles. The standard InChI is InChI=1S/C27H32N6O/c1-3-13-33-18-22(17-29-33)24-16-21-9-12-28-27(34)25(21)26(31-24)30-23-7-5-19(6-8-23)20-10-14-32(4-2)15-11-20/h5-9,12,16-18,20H,3-4,10-11,13-15H2,1-2H3,(H,28,34)(H,30,31). The number of piperidine rings is 1. The first-order valence-electron chi connectivity index (χ1n) is 12.3.